The number of azo groups is 1. The number of aromatic nitrogens is 2. The van der Waals surface area contributed by atoms with Gasteiger partial charge in [0.2, 0.25) is 5.88 Å². The van der Waals surface area contributed by atoms with E-state index >= 15 is 0 Å². The fraction of sp³-hybridized carbons (Fsp3) is 0.0588. The monoisotopic (exact) mass is 306 g/mol. The summed E-state index contributed by atoms with van der Waals surface area (Å²) in [5.41, 5.74) is 1.25. The molecule has 2 aromatic heterocycles. The third kappa shape index (κ3) is 2.74. The topological polar surface area (TPSA) is 79.8 Å². The van der Waals surface area contributed by atoms with Crippen molar-refractivity contribution in [1.29, 1.82) is 0 Å². The molecule has 0 fully saturated rings. The van der Waals surface area contributed by atoms with Crippen molar-refractivity contribution in [2.75, 3.05) is 0 Å². The van der Waals surface area contributed by atoms with Gasteiger partial charge in [0.25, 0.3) is 0 Å². The van der Waals surface area contributed by atoms with Crippen molar-refractivity contribution in [2.24, 2.45) is 10.2 Å². The Balaban J connectivity index is 2.03. The molecule has 3 aromatic rings. The Hall–Kier alpha value is -3.28. The summed E-state index contributed by atoms with van der Waals surface area (Å²) >= 11 is 0. The molecule has 23 heavy (non-hydrogen) atoms. The van der Waals surface area contributed by atoms with Gasteiger partial charge in [-0.3, -0.25) is 9.78 Å². The van der Waals surface area contributed by atoms with Crippen LogP contribution >= 0.6 is 0 Å². The first-order chi connectivity index (χ1) is 11.2. The van der Waals surface area contributed by atoms with Gasteiger partial charge in [-0.2, -0.15) is 0 Å². The van der Waals surface area contributed by atoms with Gasteiger partial charge < -0.3 is 9.67 Å². The minimum atomic E-state index is -0.564. The van der Waals surface area contributed by atoms with E-state index in [1.807, 2.05) is 24.3 Å². The molecule has 0 saturated heterocycles. The minimum absolute atomic E-state index is 0.0522. The maximum absolute atomic E-state index is 12.0. The Morgan fingerprint density at radius 1 is 1.26 bits per heavy atom. The molecule has 0 aliphatic heterocycles. The number of aromatic hydroxyl groups is 1. The van der Waals surface area contributed by atoms with Crippen LogP contribution in [0.1, 0.15) is 10.5 Å². The number of para-hydroxylation sites is 1. The zero-order chi connectivity index (χ0) is 16.2. The molecule has 6 heteroatoms. The molecule has 6 nitrogen and oxygen atoms in total. The van der Waals surface area contributed by atoms with E-state index in [0.717, 1.165) is 5.52 Å². The number of fused-ring (bicyclic) bond motifs is 1. The van der Waals surface area contributed by atoms with Gasteiger partial charge >= 0.3 is 5.91 Å². The van der Waals surface area contributed by atoms with Gasteiger partial charge in [-0.25, -0.2) is 0 Å². The first-order valence-electron chi connectivity index (χ1n) is 7.00. The third-order valence-corrected chi connectivity index (χ3v) is 3.35. The maximum atomic E-state index is 12.0. The summed E-state index contributed by atoms with van der Waals surface area (Å²) in [6, 6.07) is 12.3. The van der Waals surface area contributed by atoms with Crippen molar-refractivity contribution in [3.8, 4) is 5.88 Å². The lowest BCUT2D eigenvalue weighted by atomic mass is 10.2. The van der Waals surface area contributed by atoms with E-state index in [9.17, 15) is 9.90 Å². The van der Waals surface area contributed by atoms with E-state index in [-0.39, 0.29) is 17.3 Å². The lowest BCUT2D eigenvalue weighted by molar-refractivity contribution is 0.0990. The Bertz CT molecular complexity index is 898. The van der Waals surface area contributed by atoms with Crippen molar-refractivity contribution in [3.63, 3.8) is 0 Å². The second-order valence-corrected chi connectivity index (χ2v) is 4.81. The van der Waals surface area contributed by atoms with Gasteiger partial charge in [0.15, 0.2) is 5.69 Å². The number of pyridine rings is 1. The Labute approximate surface area is 132 Å². The molecule has 3 rings (SSSR count). The van der Waals surface area contributed by atoms with Crippen molar-refractivity contribution >= 4 is 22.5 Å². The molecule has 0 saturated carbocycles. The number of benzene rings is 1. The smallest absolute Gasteiger partial charge is 0.313 e. The average Bonchev–Trinajstić information content (AvgIpc) is 2.86. The molecule has 2 heterocycles. The number of rotatable bonds is 4. The zero-order valence-electron chi connectivity index (χ0n) is 12.3. The molecule has 114 valence electrons. The minimum Gasteiger partial charge on any atom is -0.493 e. The van der Waals surface area contributed by atoms with E-state index in [1.54, 1.807) is 28.8 Å². The summed E-state index contributed by atoms with van der Waals surface area (Å²) in [6.07, 6.45) is 3.18. The molecule has 1 amide bonds. The Kier molecular flexibility index (Phi) is 3.97. The molecule has 0 aliphatic carbocycles. The van der Waals surface area contributed by atoms with E-state index in [2.05, 4.69) is 21.8 Å². The van der Waals surface area contributed by atoms with Crippen LogP contribution in [0.3, 0.4) is 0 Å². The average molecular weight is 306 g/mol. The van der Waals surface area contributed by atoms with Crippen LogP contribution in [0.25, 0.3) is 10.9 Å². The Morgan fingerprint density at radius 3 is 2.78 bits per heavy atom. The second kappa shape index (κ2) is 6.23. The summed E-state index contributed by atoms with van der Waals surface area (Å²) in [7, 11) is 0. The molecule has 0 unspecified atom stereocenters. The van der Waals surface area contributed by atoms with Gasteiger partial charge in [-0.15, -0.1) is 16.8 Å². The van der Waals surface area contributed by atoms with E-state index < -0.39 is 5.91 Å². The van der Waals surface area contributed by atoms with Crippen LogP contribution in [0.15, 0.2) is 71.5 Å². The number of hydrogen-bond donors (Lipinski definition) is 1. The molecular formula is C17H14N4O2. The predicted octanol–water partition coefficient (Wildman–Crippen LogP) is 3.85. The summed E-state index contributed by atoms with van der Waals surface area (Å²) in [6.45, 7) is 4.11. The van der Waals surface area contributed by atoms with Gasteiger partial charge in [-0.1, -0.05) is 30.3 Å². The van der Waals surface area contributed by atoms with E-state index in [1.165, 1.54) is 6.20 Å². The van der Waals surface area contributed by atoms with Crippen LogP contribution in [-0.2, 0) is 6.54 Å². The van der Waals surface area contributed by atoms with Gasteiger partial charge in [-0.05, 0) is 18.2 Å². The summed E-state index contributed by atoms with van der Waals surface area (Å²) < 4.78 is 1.65. The van der Waals surface area contributed by atoms with Crippen LogP contribution < -0.4 is 0 Å². The number of allylic oxidation sites excluding steroid dienone is 1. The van der Waals surface area contributed by atoms with Crippen molar-refractivity contribution in [3.05, 3.63) is 67.0 Å². The highest BCUT2D eigenvalue weighted by molar-refractivity contribution is 5.96. The van der Waals surface area contributed by atoms with Crippen LogP contribution in [0.2, 0.25) is 0 Å². The van der Waals surface area contributed by atoms with Gasteiger partial charge in [0.1, 0.15) is 5.69 Å². The van der Waals surface area contributed by atoms with Crippen LogP contribution in [0.5, 0.6) is 5.88 Å². The fourth-order valence-corrected chi connectivity index (χ4v) is 2.32. The molecule has 0 atom stereocenters. The highest BCUT2D eigenvalue weighted by Crippen LogP contribution is 2.38. The first-order valence-corrected chi connectivity index (χ1v) is 7.00. The molecule has 0 bridgehead atoms. The lowest BCUT2D eigenvalue weighted by Crippen LogP contribution is -1.96. The van der Waals surface area contributed by atoms with Gasteiger partial charge in [0, 0.05) is 18.1 Å². The summed E-state index contributed by atoms with van der Waals surface area (Å²) in [4.78, 5) is 15.9. The molecule has 0 spiro atoms. The molecular weight excluding hydrogens is 292 g/mol. The fourth-order valence-electron chi connectivity index (χ4n) is 2.32. The third-order valence-electron chi connectivity index (χ3n) is 3.35. The first kappa shape index (κ1) is 14.6. The highest BCUT2D eigenvalue weighted by atomic mass is 16.3. The molecule has 0 aliphatic rings. The van der Waals surface area contributed by atoms with Gasteiger partial charge in [0.05, 0.1) is 5.52 Å². The number of nitrogens with zero attached hydrogens (tertiary/aromatic N) is 4. The van der Waals surface area contributed by atoms with Crippen molar-refractivity contribution in [2.45, 2.75) is 6.54 Å². The van der Waals surface area contributed by atoms with Crippen LogP contribution in [0, 0.1) is 0 Å². The van der Waals surface area contributed by atoms with Crippen LogP contribution in [0.4, 0.5) is 5.69 Å². The number of carbonyl (C=O) groups is 1. The van der Waals surface area contributed by atoms with E-state index in [0.29, 0.717) is 11.9 Å². The van der Waals surface area contributed by atoms with Crippen molar-refractivity contribution in [1.82, 2.24) is 9.55 Å². The summed E-state index contributed by atoms with van der Waals surface area (Å²) in [5.74, 6) is -0.616. The molecule has 1 aromatic carbocycles. The summed E-state index contributed by atoms with van der Waals surface area (Å²) in [5, 5.41) is 18.7. The number of carbonyl (C=O) groups excluding carboxylic acids is 1. The SMILES string of the molecule is C=CCn1c(O)c(N=NC(=O)c2ccccn2)c2ccccc21. The quantitative estimate of drug-likeness (QED) is 0.587. The molecule has 0 radical (unpaired) electrons. The molecule has 1 N–H and O–H groups in total. The zero-order valence-corrected chi connectivity index (χ0v) is 12.3. The standard InChI is InChI=1S/C17H14N4O2/c1-2-11-21-14-9-4-3-7-12(14)15(17(21)23)19-20-16(22)13-8-5-6-10-18-13/h2-10,23H,1,11H2. The highest BCUT2D eigenvalue weighted by Gasteiger charge is 2.16. The number of hydrogen-bond acceptors (Lipinski definition) is 4. The van der Waals surface area contributed by atoms with Crippen LogP contribution in [-0.4, -0.2) is 20.6 Å². The lowest BCUT2D eigenvalue weighted by Gasteiger charge is -2.01. The van der Waals surface area contributed by atoms with E-state index in [4.69, 9.17) is 0 Å². The predicted molar refractivity (Wildman–Crippen MR) is 86.9 cm³/mol. The maximum Gasteiger partial charge on any atom is 0.313 e. The Morgan fingerprint density at radius 2 is 2.04 bits per heavy atom. The number of amides is 1. The van der Waals surface area contributed by atoms with Crippen molar-refractivity contribution < 1.29 is 9.90 Å². The largest absolute Gasteiger partial charge is 0.493 e. The second-order valence-electron chi connectivity index (χ2n) is 4.81. The normalized spacial score (nSPS) is 11.1.